The van der Waals surface area contributed by atoms with Gasteiger partial charge in [0.25, 0.3) is 0 Å². The number of aromatic nitrogens is 1. The normalized spacial score (nSPS) is 19.4. The lowest BCUT2D eigenvalue weighted by Crippen LogP contribution is -2.49. The van der Waals surface area contributed by atoms with Crippen LogP contribution in [0.4, 0.5) is 5.82 Å². The van der Waals surface area contributed by atoms with E-state index in [-0.39, 0.29) is 5.92 Å². The van der Waals surface area contributed by atoms with Crippen LogP contribution in [0.3, 0.4) is 0 Å². The molecule has 0 radical (unpaired) electrons. The summed E-state index contributed by atoms with van der Waals surface area (Å²) in [5, 5.41) is 11.7. The van der Waals surface area contributed by atoms with Gasteiger partial charge in [0.2, 0.25) is 0 Å². The Kier molecular flexibility index (Phi) is 4.57. The number of hydrogen-bond acceptors (Lipinski definition) is 5. The van der Waals surface area contributed by atoms with Crippen molar-refractivity contribution in [2.75, 3.05) is 37.6 Å². The average Bonchev–Trinajstić information content (AvgIpc) is 2.48. The van der Waals surface area contributed by atoms with Crippen LogP contribution in [0.1, 0.15) is 6.92 Å². The Morgan fingerprint density at radius 3 is 2.74 bits per heavy atom. The molecule has 0 aromatic carbocycles. The predicted molar refractivity (Wildman–Crippen MR) is 75.5 cm³/mol. The highest BCUT2D eigenvalue weighted by molar-refractivity contribution is 5.82. The van der Waals surface area contributed by atoms with E-state index in [1.54, 1.807) is 0 Å². The van der Waals surface area contributed by atoms with Crippen molar-refractivity contribution in [2.45, 2.75) is 6.92 Å². The van der Waals surface area contributed by atoms with E-state index in [4.69, 9.17) is 10.9 Å². The zero-order valence-corrected chi connectivity index (χ0v) is 11.2. The summed E-state index contributed by atoms with van der Waals surface area (Å²) in [7, 11) is 0. The predicted octanol–water partition coefficient (Wildman–Crippen LogP) is 0.586. The molecular formula is C13H21N5O. The summed E-state index contributed by atoms with van der Waals surface area (Å²) in [5.74, 6) is 1.41. The van der Waals surface area contributed by atoms with E-state index in [0.29, 0.717) is 5.84 Å². The molecule has 0 saturated carbocycles. The van der Waals surface area contributed by atoms with E-state index in [1.807, 2.05) is 31.3 Å². The molecule has 1 unspecified atom stereocenters. The summed E-state index contributed by atoms with van der Waals surface area (Å²) in [6.45, 7) is 6.66. The zero-order chi connectivity index (χ0) is 13.7. The molecule has 6 nitrogen and oxygen atoms in total. The van der Waals surface area contributed by atoms with Crippen LogP contribution in [0.25, 0.3) is 0 Å². The maximum absolute atomic E-state index is 8.65. The molecule has 1 aliphatic rings. The summed E-state index contributed by atoms with van der Waals surface area (Å²) >= 11 is 0. The molecule has 0 aliphatic carbocycles. The second-order valence-electron chi connectivity index (χ2n) is 4.90. The number of nitrogens with two attached hydrogens (primary N) is 1. The van der Waals surface area contributed by atoms with Gasteiger partial charge in [0.15, 0.2) is 0 Å². The van der Waals surface area contributed by atoms with Crippen LogP contribution in [0.15, 0.2) is 29.6 Å². The van der Waals surface area contributed by atoms with E-state index >= 15 is 0 Å². The van der Waals surface area contributed by atoms with Crippen LogP contribution in [-0.4, -0.2) is 53.7 Å². The molecule has 1 fully saturated rings. The van der Waals surface area contributed by atoms with Crippen molar-refractivity contribution >= 4 is 11.7 Å². The molecule has 104 valence electrons. The van der Waals surface area contributed by atoms with Crippen molar-refractivity contribution in [3.05, 3.63) is 24.4 Å². The Labute approximate surface area is 113 Å². The molecule has 1 aromatic heterocycles. The first-order valence-electron chi connectivity index (χ1n) is 6.56. The Bertz CT molecular complexity index is 414. The summed E-state index contributed by atoms with van der Waals surface area (Å²) in [6, 6.07) is 5.97. The molecule has 6 heteroatoms. The van der Waals surface area contributed by atoms with Gasteiger partial charge in [0, 0.05) is 44.8 Å². The smallest absolute Gasteiger partial charge is 0.143 e. The maximum atomic E-state index is 8.65. The largest absolute Gasteiger partial charge is 0.409 e. The van der Waals surface area contributed by atoms with E-state index in [1.165, 1.54) is 0 Å². The first-order valence-corrected chi connectivity index (χ1v) is 6.56. The van der Waals surface area contributed by atoms with Gasteiger partial charge < -0.3 is 15.8 Å². The Hall–Kier alpha value is -1.82. The van der Waals surface area contributed by atoms with E-state index < -0.39 is 0 Å². The number of pyridine rings is 1. The van der Waals surface area contributed by atoms with Crippen molar-refractivity contribution in [1.29, 1.82) is 0 Å². The highest BCUT2D eigenvalue weighted by atomic mass is 16.4. The average molecular weight is 263 g/mol. The lowest BCUT2D eigenvalue weighted by molar-refractivity contribution is 0.240. The lowest BCUT2D eigenvalue weighted by Gasteiger charge is -2.36. The third-order valence-corrected chi connectivity index (χ3v) is 3.50. The van der Waals surface area contributed by atoms with Gasteiger partial charge in [-0.05, 0) is 12.1 Å². The molecule has 2 rings (SSSR count). The second kappa shape index (κ2) is 6.38. The van der Waals surface area contributed by atoms with Gasteiger partial charge in [-0.1, -0.05) is 18.1 Å². The summed E-state index contributed by atoms with van der Waals surface area (Å²) in [5.41, 5.74) is 5.60. The number of rotatable bonds is 4. The van der Waals surface area contributed by atoms with Gasteiger partial charge in [-0.2, -0.15) is 0 Å². The number of piperazine rings is 1. The van der Waals surface area contributed by atoms with Crippen LogP contribution < -0.4 is 10.6 Å². The number of hydrogen-bond donors (Lipinski definition) is 2. The first kappa shape index (κ1) is 13.6. The van der Waals surface area contributed by atoms with Gasteiger partial charge in [0.1, 0.15) is 11.7 Å². The molecular weight excluding hydrogens is 242 g/mol. The summed E-state index contributed by atoms with van der Waals surface area (Å²) in [6.07, 6.45) is 1.82. The van der Waals surface area contributed by atoms with Gasteiger partial charge in [-0.3, -0.25) is 4.90 Å². The molecule has 1 atom stereocenters. The standard InChI is InChI=1S/C13H21N5O/c1-11(13(14)16-19)10-17-6-8-18(9-7-17)12-4-2-3-5-15-12/h2-5,11,19H,6-10H2,1H3,(H2,14,16). The molecule has 1 saturated heterocycles. The molecule has 2 heterocycles. The van der Waals surface area contributed by atoms with Crippen LogP contribution >= 0.6 is 0 Å². The minimum absolute atomic E-state index is 0.0754. The van der Waals surface area contributed by atoms with Crippen molar-refractivity contribution < 1.29 is 5.21 Å². The fourth-order valence-corrected chi connectivity index (χ4v) is 2.28. The third-order valence-electron chi connectivity index (χ3n) is 3.50. The Morgan fingerprint density at radius 1 is 1.42 bits per heavy atom. The SMILES string of the molecule is CC(CN1CCN(c2ccccn2)CC1)/C(N)=N/O. The number of anilines is 1. The quantitative estimate of drug-likeness (QED) is 0.360. The van der Waals surface area contributed by atoms with Gasteiger partial charge in [-0.15, -0.1) is 0 Å². The summed E-state index contributed by atoms with van der Waals surface area (Å²) < 4.78 is 0. The molecule has 19 heavy (non-hydrogen) atoms. The maximum Gasteiger partial charge on any atom is 0.143 e. The van der Waals surface area contributed by atoms with Crippen molar-refractivity contribution in [3.8, 4) is 0 Å². The van der Waals surface area contributed by atoms with E-state index in [9.17, 15) is 0 Å². The molecule has 0 bridgehead atoms. The van der Waals surface area contributed by atoms with Gasteiger partial charge >= 0.3 is 0 Å². The fraction of sp³-hybridized carbons (Fsp3) is 0.538. The topological polar surface area (TPSA) is 78.0 Å². The minimum Gasteiger partial charge on any atom is -0.409 e. The van der Waals surface area contributed by atoms with Crippen LogP contribution in [0, 0.1) is 5.92 Å². The van der Waals surface area contributed by atoms with Crippen molar-refractivity contribution in [2.24, 2.45) is 16.8 Å². The van der Waals surface area contributed by atoms with Gasteiger partial charge in [-0.25, -0.2) is 4.98 Å². The van der Waals surface area contributed by atoms with E-state index in [0.717, 1.165) is 38.5 Å². The number of amidine groups is 1. The van der Waals surface area contributed by atoms with Crippen LogP contribution in [0.5, 0.6) is 0 Å². The first-order chi connectivity index (χ1) is 9.20. The highest BCUT2D eigenvalue weighted by Crippen LogP contribution is 2.13. The fourth-order valence-electron chi connectivity index (χ4n) is 2.28. The minimum atomic E-state index is 0.0754. The lowest BCUT2D eigenvalue weighted by atomic mass is 10.1. The second-order valence-corrected chi connectivity index (χ2v) is 4.90. The number of oxime groups is 1. The highest BCUT2D eigenvalue weighted by Gasteiger charge is 2.20. The van der Waals surface area contributed by atoms with E-state index in [2.05, 4.69) is 19.9 Å². The number of nitrogens with zero attached hydrogens (tertiary/aromatic N) is 4. The molecule has 0 spiro atoms. The molecule has 0 amide bonds. The van der Waals surface area contributed by atoms with Crippen molar-refractivity contribution in [3.63, 3.8) is 0 Å². The zero-order valence-electron chi connectivity index (χ0n) is 11.2. The monoisotopic (exact) mass is 263 g/mol. The summed E-state index contributed by atoms with van der Waals surface area (Å²) in [4.78, 5) is 8.98. The Morgan fingerprint density at radius 2 is 2.16 bits per heavy atom. The molecule has 3 N–H and O–H groups in total. The third kappa shape index (κ3) is 3.57. The van der Waals surface area contributed by atoms with Crippen LogP contribution in [-0.2, 0) is 0 Å². The Balaban J connectivity index is 1.83. The molecule has 1 aromatic rings. The van der Waals surface area contributed by atoms with Crippen LogP contribution in [0.2, 0.25) is 0 Å². The molecule has 1 aliphatic heterocycles. The van der Waals surface area contributed by atoms with Gasteiger partial charge in [0.05, 0.1) is 0 Å². The van der Waals surface area contributed by atoms with Crippen molar-refractivity contribution in [1.82, 2.24) is 9.88 Å².